The van der Waals surface area contributed by atoms with Gasteiger partial charge in [0.2, 0.25) is 0 Å². The highest BCUT2D eigenvalue weighted by molar-refractivity contribution is 7.17. The molecule has 1 aliphatic heterocycles. The monoisotopic (exact) mass is 249 g/mol. The molecule has 4 heteroatoms. The van der Waals surface area contributed by atoms with Crippen molar-refractivity contribution in [3.05, 3.63) is 35.2 Å². The molecule has 1 fully saturated rings. The zero-order valence-corrected chi connectivity index (χ0v) is 10.2. The average Bonchev–Trinajstić information content (AvgIpc) is 2.71. The van der Waals surface area contributed by atoms with Crippen molar-refractivity contribution in [3.63, 3.8) is 0 Å². The Morgan fingerprint density at radius 3 is 2.82 bits per heavy atom. The lowest BCUT2D eigenvalue weighted by Gasteiger charge is -2.44. The van der Waals surface area contributed by atoms with Crippen LogP contribution < -0.4 is 5.73 Å². The molecule has 17 heavy (non-hydrogen) atoms. The lowest BCUT2D eigenvalue weighted by atomic mass is 9.76. The Labute approximate surface area is 104 Å². The van der Waals surface area contributed by atoms with Crippen LogP contribution in [0, 0.1) is 5.41 Å². The Kier molecular flexibility index (Phi) is 2.67. The maximum absolute atomic E-state index is 9.52. The lowest BCUT2D eigenvalue weighted by molar-refractivity contribution is -0.150. The summed E-state index contributed by atoms with van der Waals surface area (Å²) in [5.74, 6) is 0. The van der Waals surface area contributed by atoms with Crippen molar-refractivity contribution >= 4 is 21.4 Å². The largest absolute Gasteiger partial charge is 0.396 e. The van der Waals surface area contributed by atoms with Crippen molar-refractivity contribution in [1.82, 2.24) is 0 Å². The van der Waals surface area contributed by atoms with Crippen LogP contribution in [-0.2, 0) is 4.74 Å². The van der Waals surface area contributed by atoms with E-state index in [1.807, 2.05) is 12.1 Å². The third-order valence-corrected chi connectivity index (χ3v) is 4.58. The van der Waals surface area contributed by atoms with E-state index < -0.39 is 0 Å². The summed E-state index contributed by atoms with van der Waals surface area (Å²) < 4.78 is 6.47. The molecule has 1 saturated heterocycles. The van der Waals surface area contributed by atoms with Gasteiger partial charge in [0.1, 0.15) is 0 Å². The first-order chi connectivity index (χ1) is 8.27. The van der Waals surface area contributed by atoms with E-state index in [4.69, 9.17) is 10.5 Å². The molecule has 1 aliphatic rings. The van der Waals surface area contributed by atoms with Crippen LogP contribution in [0.3, 0.4) is 0 Å². The summed E-state index contributed by atoms with van der Waals surface area (Å²) in [5.41, 5.74) is 7.16. The Morgan fingerprint density at radius 1 is 1.41 bits per heavy atom. The zero-order valence-electron chi connectivity index (χ0n) is 9.43. The Hall–Kier alpha value is -0.940. The number of benzene rings is 1. The fraction of sp³-hybridized carbons (Fsp3) is 0.385. The van der Waals surface area contributed by atoms with Crippen LogP contribution in [0.2, 0.25) is 0 Å². The minimum Gasteiger partial charge on any atom is -0.396 e. The highest BCUT2D eigenvalue weighted by Gasteiger charge is 2.44. The molecule has 1 unspecified atom stereocenters. The zero-order chi connectivity index (χ0) is 11.9. The van der Waals surface area contributed by atoms with E-state index in [9.17, 15) is 5.11 Å². The third kappa shape index (κ3) is 1.60. The summed E-state index contributed by atoms with van der Waals surface area (Å²) in [6.45, 7) is 1.18. The molecule has 1 aromatic heterocycles. The number of ether oxygens (including phenoxy) is 1. The van der Waals surface area contributed by atoms with E-state index in [1.165, 1.54) is 10.1 Å². The standard InChI is InChI=1S/C13H15NO2S/c14-12(13(6-15)7-16-8-13)10-5-17-11-4-2-1-3-9(10)11/h1-5,12,15H,6-8,14H2. The van der Waals surface area contributed by atoms with Crippen molar-refractivity contribution in [3.8, 4) is 0 Å². The second kappa shape index (κ2) is 4.07. The van der Waals surface area contributed by atoms with E-state index in [2.05, 4.69) is 17.5 Å². The Balaban J connectivity index is 2.03. The topological polar surface area (TPSA) is 55.5 Å². The van der Waals surface area contributed by atoms with Crippen molar-refractivity contribution in [2.75, 3.05) is 19.8 Å². The summed E-state index contributed by atoms with van der Waals surface area (Å²) in [7, 11) is 0. The quantitative estimate of drug-likeness (QED) is 0.873. The summed E-state index contributed by atoms with van der Waals surface area (Å²) in [5, 5.41) is 12.8. The molecule has 3 nitrogen and oxygen atoms in total. The van der Waals surface area contributed by atoms with Gasteiger partial charge in [0, 0.05) is 10.7 Å². The second-order valence-corrected chi connectivity index (χ2v) is 5.59. The predicted molar refractivity (Wildman–Crippen MR) is 69.1 cm³/mol. The van der Waals surface area contributed by atoms with Crippen molar-refractivity contribution in [2.24, 2.45) is 11.1 Å². The van der Waals surface area contributed by atoms with Gasteiger partial charge in [-0.1, -0.05) is 18.2 Å². The number of rotatable bonds is 3. The van der Waals surface area contributed by atoms with Crippen molar-refractivity contribution in [1.29, 1.82) is 0 Å². The second-order valence-electron chi connectivity index (χ2n) is 4.68. The predicted octanol–water partition coefficient (Wildman–Crippen LogP) is 1.91. The van der Waals surface area contributed by atoms with Gasteiger partial charge in [-0.25, -0.2) is 0 Å². The first kappa shape index (κ1) is 11.2. The first-order valence-corrected chi connectivity index (χ1v) is 6.55. The molecule has 0 bridgehead atoms. The van der Waals surface area contributed by atoms with Crippen LogP contribution in [0.5, 0.6) is 0 Å². The molecule has 0 radical (unpaired) electrons. The molecule has 0 amide bonds. The van der Waals surface area contributed by atoms with Crippen LogP contribution in [-0.4, -0.2) is 24.9 Å². The van der Waals surface area contributed by atoms with Gasteiger partial charge in [0.05, 0.1) is 25.2 Å². The number of aliphatic hydroxyl groups is 1. The molecule has 90 valence electrons. The fourth-order valence-corrected chi connectivity index (χ4v) is 3.30. The highest BCUT2D eigenvalue weighted by atomic mass is 32.1. The molecule has 1 aromatic carbocycles. The SMILES string of the molecule is NC(c1csc2ccccc12)C1(CO)COC1. The van der Waals surface area contributed by atoms with Gasteiger partial charge in [-0.15, -0.1) is 11.3 Å². The molecule has 3 rings (SSSR count). The first-order valence-electron chi connectivity index (χ1n) is 5.67. The number of hydrogen-bond acceptors (Lipinski definition) is 4. The van der Waals surface area contributed by atoms with Crippen molar-refractivity contribution in [2.45, 2.75) is 6.04 Å². The van der Waals surface area contributed by atoms with E-state index in [1.54, 1.807) is 11.3 Å². The van der Waals surface area contributed by atoms with E-state index in [0.29, 0.717) is 13.2 Å². The fourth-order valence-electron chi connectivity index (χ4n) is 2.30. The molecule has 2 heterocycles. The van der Waals surface area contributed by atoms with Gasteiger partial charge >= 0.3 is 0 Å². The van der Waals surface area contributed by atoms with Gasteiger partial charge in [-0.3, -0.25) is 0 Å². The number of hydrogen-bond donors (Lipinski definition) is 2. The van der Waals surface area contributed by atoms with E-state index in [-0.39, 0.29) is 18.1 Å². The smallest absolute Gasteiger partial charge is 0.0594 e. The summed E-state index contributed by atoms with van der Waals surface area (Å²) in [6, 6.07) is 8.08. The van der Waals surface area contributed by atoms with Gasteiger partial charge in [0.15, 0.2) is 0 Å². The van der Waals surface area contributed by atoms with Gasteiger partial charge in [-0.2, -0.15) is 0 Å². The molecule has 3 N–H and O–H groups in total. The molecule has 0 saturated carbocycles. The minimum absolute atomic E-state index is 0.0817. The van der Waals surface area contributed by atoms with E-state index in [0.717, 1.165) is 5.56 Å². The average molecular weight is 249 g/mol. The van der Waals surface area contributed by atoms with Gasteiger partial charge < -0.3 is 15.6 Å². The summed E-state index contributed by atoms with van der Waals surface area (Å²) in [4.78, 5) is 0. The Morgan fingerprint density at radius 2 is 2.18 bits per heavy atom. The van der Waals surface area contributed by atoms with Crippen LogP contribution in [0.15, 0.2) is 29.6 Å². The van der Waals surface area contributed by atoms with Crippen LogP contribution >= 0.6 is 11.3 Å². The Bertz CT molecular complexity index is 527. The molecular weight excluding hydrogens is 234 g/mol. The summed E-state index contributed by atoms with van der Waals surface area (Å²) in [6.07, 6.45) is 0. The molecule has 0 aliphatic carbocycles. The molecule has 0 spiro atoms. The number of nitrogens with two attached hydrogens (primary N) is 1. The number of aliphatic hydroxyl groups excluding tert-OH is 1. The molecular formula is C13H15NO2S. The number of thiophene rings is 1. The van der Waals surface area contributed by atoms with Crippen LogP contribution in [0.25, 0.3) is 10.1 Å². The highest BCUT2D eigenvalue weighted by Crippen LogP contribution is 2.42. The maximum atomic E-state index is 9.52. The molecule has 1 atom stereocenters. The van der Waals surface area contributed by atoms with Crippen LogP contribution in [0.1, 0.15) is 11.6 Å². The normalized spacial score (nSPS) is 20.1. The third-order valence-electron chi connectivity index (χ3n) is 3.60. The van der Waals surface area contributed by atoms with E-state index >= 15 is 0 Å². The molecule has 2 aromatic rings. The lowest BCUT2D eigenvalue weighted by Crippen LogP contribution is -2.52. The van der Waals surface area contributed by atoms with Gasteiger partial charge in [-0.05, 0) is 22.4 Å². The number of fused-ring (bicyclic) bond motifs is 1. The minimum atomic E-state index is -0.288. The maximum Gasteiger partial charge on any atom is 0.0594 e. The van der Waals surface area contributed by atoms with Crippen molar-refractivity contribution < 1.29 is 9.84 Å². The summed E-state index contributed by atoms with van der Waals surface area (Å²) >= 11 is 1.70. The van der Waals surface area contributed by atoms with Gasteiger partial charge in [0.25, 0.3) is 0 Å². The van der Waals surface area contributed by atoms with Crippen LogP contribution in [0.4, 0.5) is 0 Å².